The summed E-state index contributed by atoms with van der Waals surface area (Å²) in [5.74, 6) is 1.46. The third kappa shape index (κ3) is 4.69. The Kier molecular flexibility index (Phi) is 7.01. The van der Waals surface area contributed by atoms with Crippen molar-refractivity contribution in [3.05, 3.63) is 89.5 Å². The Labute approximate surface area is 198 Å². The fourth-order valence-corrected chi connectivity index (χ4v) is 4.10. The highest BCUT2D eigenvalue weighted by molar-refractivity contribution is 5.90. The molecular weight excluding hydrogens is 434 g/mol. The van der Waals surface area contributed by atoms with Crippen LogP contribution >= 0.6 is 0 Å². The first kappa shape index (κ1) is 23.2. The summed E-state index contributed by atoms with van der Waals surface area (Å²) in [6.45, 7) is 0.506. The number of hydrogen-bond donors (Lipinski definition) is 0. The number of ether oxygens (including phenoxy) is 4. The van der Waals surface area contributed by atoms with E-state index in [-0.39, 0.29) is 11.9 Å². The molecule has 0 spiro atoms. The lowest BCUT2D eigenvalue weighted by molar-refractivity contribution is -0.164. The Morgan fingerprint density at radius 3 is 2.24 bits per heavy atom. The summed E-state index contributed by atoms with van der Waals surface area (Å²) >= 11 is 0. The number of likely N-dealkylation sites (tertiary alicyclic amines) is 1. The molecule has 3 aromatic carbocycles. The van der Waals surface area contributed by atoms with E-state index in [0.29, 0.717) is 35.8 Å². The first-order valence-corrected chi connectivity index (χ1v) is 11.0. The molecule has 0 aliphatic carbocycles. The molecule has 0 N–H and O–H groups in total. The molecule has 0 bridgehead atoms. The van der Waals surface area contributed by atoms with Gasteiger partial charge in [0.1, 0.15) is 11.8 Å². The van der Waals surface area contributed by atoms with Crippen molar-refractivity contribution in [2.75, 3.05) is 27.9 Å². The summed E-state index contributed by atoms with van der Waals surface area (Å²) in [4.78, 5) is 26.7. The molecule has 1 fully saturated rings. The molecule has 1 amide bonds. The predicted octanol–water partition coefficient (Wildman–Crippen LogP) is 4.06. The van der Waals surface area contributed by atoms with Crippen molar-refractivity contribution in [3.8, 4) is 17.2 Å². The van der Waals surface area contributed by atoms with Gasteiger partial charge in [0.05, 0.1) is 26.9 Å². The van der Waals surface area contributed by atoms with Crippen LogP contribution in [-0.4, -0.2) is 50.8 Å². The summed E-state index contributed by atoms with van der Waals surface area (Å²) in [5.41, 5.74) is 2.37. The number of nitrogens with zero attached hydrogens (tertiary/aromatic N) is 1. The van der Waals surface area contributed by atoms with Crippen molar-refractivity contribution < 1.29 is 28.5 Å². The van der Waals surface area contributed by atoms with Crippen LogP contribution in [0.5, 0.6) is 17.2 Å². The van der Waals surface area contributed by atoms with Crippen LogP contribution in [0.3, 0.4) is 0 Å². The smallest absolute Gasteiger partial charge is 0.337 e. The minimum atomic E-state index is -0.642. The van der Waals surface area contributed by atoms with Gasteiger partial charge in [-0.25, -0.2) is 4.79 Å². The first-order valence-electron chi connectivity index (χ1n) is 11.0. The van der Waals surface area contributed by atoms with Gasteiger partial charge in [-0.2, -0.15) is 0 Å². The van der Waals surface area contributed by atoms with E-state index in [1.165, 1.54) is 7.11 Å². The Balaban J connectivity index is 1.55. The van der Waals surface area contributed by atoms with Crippen molar-refractivity contribution in [3.63, 3.8) is 0 Å². The first-order chi connectivity index (χ1) is 16.5. The summed E-state index contributed by atoms with van der Waals surface area (Å²) in [5, 5.41) is 0. The molecule has 34 heavy (non-hydrogen) atoms. The molecule has 176 valence electrons. The van der Waals surface area contributed by atoms with E-state index in [1.807, 2.05) is 60.7 Å². The highest BCUT2D eigenvalue weighted by Crippen LogP contribution is 2.38. The van der Waals surface area contributed by atoms with E-state index in [4.69, 9.17) is 18.9 Å². The van der Waals surface area contributed by atoms with Crippen LogP contribution in [0.4, 0.5) is 0 Å². The van der Waals surface area contributed by atoms with Gasteiger partial charge in [-0.3, -0.25) is 4.79 Å². The monoisotopic (exact) mass is 461 g/mol. The molecule has 7 nitrogen and oxygen atoms in total. The van der Waals surface area contributed by atoms with Crippen molar-refractivity contribution in [1.82, 2.24) is 4.90 Å². The lowest BCUT2D eigenvalue weighted by Crippen LogP contribution is -2.61. The minimum Gasteiger partial charge on any atom is -0.493 e. The van der Waals surface area contributed by atoms with Crippen LogP contribution in [0.15, 0.2) is 72.8 Å². The van der Waals surface area contributed by atoms with Crippen LogP contribution in [0.25, 0.3) is 0 Å². The van der Waals surface area contributed by atoms with E-state index in [2.05, 4.69) is 0 Å². The van der Waals surface area contributed by atoms with Gasteiger partial charge in [-0.15, -0.1) is 0 Å². The van der Waals surface area contributed by atoms with Crippen molar-refractivity contribution in [2.45, 2.75) is 18.6 Å². The van der Waals surface area contributed by atoms with Gasteiger partial charge in [-0.1, -0.05) is 36.4 Å². The van der Waals surface area contributed by atoms with E-state index in [0.717, 1.165) is 11.1 Å². The van der Waals surface area contributed by atoms with Gasteiger partial charge in [-0.05, 0) is 53.9 Å². The topological polar surface area (TPSA) is 74.3 Å². The molecule has 1 heterocycles. The number of methoxy groups -OCH3 is 3. The lowest BCUT2D eigenvalue weighted by atomic mass is 9.89. The average molecular weight is 462 g/mol. The van der Waals surface area contributed by atoms with Gasteiger partial charge in [0.15, 0.2) is 11.5 Å². The Hall–Kier alpha value is -4.00. The Morgan fingerprint density at radius 2 is 1.59 bits per heavy atom. The van der Waals surface area contributed by atoms with Crippen LogP contribution in [0.1, 0.15) is 27.5 Å². The number of esters is 1. The molecular formula is C27H27NO6. The number of β-lactam (4-membered cyclic amide) rings is 1. The maximum absolute atomic E-state index is 13.1. The fraction of sp³-hybridized carbons (Fsp3) is 0.259. The zero-order chi connectivity index (χ0) is 24.1. The van der Waals surface area contributed by atoms with Gasteiger partial charge in [0, 0.05) is 6.54 Å². The lowest BCUT2D eigenvalue weighted by Gasteiger charge is -2.47. The standard InChI is InChI=1S/C27H27NO6/c1-31-22-14-9-18(17-23(22)32-2)15-16-28-24(19-10-12-20(13-11-19)27(30)33-3)25(26(28)29)34-21-7-5-4-6-8-21/h4-14,17,24-25H,15-16H2,1-3H3/t24-,25-/m0/s1. The number of hydrogen-bond acceptors (Lipinski definition) is 6. The number of benzene rings is 3. The molecule has 1 aliphatic heterocycles. The summed E-state index contributed by atoms with van der Waals surface area (Å²) in [7, 11) is 4.54. The second kappa shape index (κ2) is 10.3. The largest absolute Gasteiger partial charge is 0.493 e. The Bertz CT molecular complexity index is 1150. The van der Waals surface area contributed by atoms with Crippen molar-refractivity contribution in [1.29, 1.82) is 0 Å². The predicted molar refractivity (Wildman–Crippen MR) is 126 cm³/mol. The highest BCUT2D eigenvalue weighted by Gasteiger charge is 2.49. The third-order valence-corrected chi connectivity index (χ3v) is 5.92. The third-order valence-electron chi connectivity index (χ3n) is 5.92. The van der Waals surface area contributed by atoms with E-state index in [9.17, 15) is 9.59 Å². The number of carbonyl (C=O) groups is 2. The highest BCUT2D eigenvalue weighted by atomic mass is 16.5. The molecule has 4 rings (SSSR count). The molecule has 0 unspecified atom stereocenters. The number of amides is 1. The Morgan fingerprint density at radius 1 is 0.882 bits per heavy atom. The number of rotatable bonds is 9. The summed E-state index contributed by atoms with van der Waals surface area (Å²) in [6, 6.07) is 21.8. The summed E-state index contributed by atoms with van der Waals surface area (Å²) in [6.07, 6.45) is -0.00209. The van der Waals surface area contributed by atoms with Gasteiger partial charge >= 0.3 is 5.97 Å². The molecule has 0 radical (unpaired) electrons. The average Bonchev–Trinajstić information content (AvgIpc) is 2.89. The zero-order valence-electron chi connectivity index (χ0n) is 19.4. The molecule has 2 atom stereocenters. The van der Waals surface area contributed by atoms with Crippen LogP contribution < -0.4 is 14.2 Å². The normalized spacial score (nSPS) is 17.0. The van der Waals surface area contributed by atoms with Gasteiger partial charge < -0.3 is 23.8 Å². The minimum absolute atomic E-state index is 0.0774. The number of carbonyl (C=O) groups excluding carboxylic acids is 2. The molecule has 0 saturated carbocycles. The van der Waals surface area contributed by atoms with E-state index < -0.39 is 12.1 Å². The summed E-state index contributed by atoms with van der Waals surface area (Å²) < 4.78 is 21.6. The molecule has 0 aromatic heterocycles. The van der Waals surface area contributed by atoms with Crippen LogP contribution in [0.2, 0.25) is 0 Å². The zero-order valence-corrected chi connectivity index (χ0v) is 19.4. The van der Waals surface area contributed by atoms with Crippen molar-refractivity contribution in [2.24, 2.45) is 0 Å². The van der Waals surface area contributed by atoms with Gasteiger partial charge in [0.2, 0.25) is 6.10 Å². The van der Waals surface area contributed by atoms with Crippen molar-refractivity contribution >= 4 is 11.9 Å². The second-order valence-corrected chi connectivity index (χ2v) is 7.88. The maximum atomic E-state index is 13.1. The van der Waals surface area contributed by atoms with Gasteiger partial charge in [0.25, 0.3) is 5.91 Å². The van der Waals surface area contributed by atoms with Crippen LogP contribution in [0, 0.1) is 0 Å². The number of para-hydroxylation sites is 1. The second-order valence-electron chi connectivity index (χ2n) is 7.88. The molecule has 1 saturated heterocycles. The van der Waals surface area contributed by atoms with E-state index in [1.54, 1.807) is 31.3 Å². The van der Waals surface area contributed by atoms with E-state index >= 15 is 0 Å². The molecule has 7 heteroatoms. The SMILES string of the molecule is COC(=O)c1ccc([C@H]2[C@H](Oc3ccccc3)C(=O)N2CCc2ccc(OC)c(OC)c2)cc1. The molecule has 1 aliphatic rings. The maximum Gasteiger partial charge on any atom is 0.337 e. The van der Waals surface area contributed by atoms with Crippen LogP contribution in [-0.2, 0) is 16.0 Å². The molecule has 3 aromatic rings. The fourth-order valence-electron chi connectivity index (χ4n) is 4.10. The quantitative estimate of drug-likeness (QED) is 0.353.